The van der Waals surface area contributed by atoms with Gasteiger partial charge in [0, 0.05) is 34.9 Å². The first-order chi connectivity index (χ1) is 16.3. The molecule has 3 heterocycles. The van der Waals surface area contributed by atoms with E-state index in [1.165, 1.54) is 5.56 Å². The summed E-state index contributed by atoms with van der Waals surface area (Å²) in [5.41, 5.74) is 6.52. The molecule has 1 aromatic carbocycles. The average molecular weight is 457 g/mol. The predicted octanol–water partition coefficient (Wildman–Crippen LogP) is 6.66. The van der Waals surface area contributed by atoms with E-state index >= 15 is 0 Å². The standard InChI is InChI=1S/C28H32N4O2/c1-17-15-28(2,3)25-27(30-17)32-26(31-25)22-12-13-23(29-16-22)21-10-8-20(9-11-21)19-6-4-18(5-7-19)14-24(33)34/h8-13,16,18-19H,4-7,14-15H2,1-3H3,(H,31,32)(H,33,34). The highest BCUT2D eigenvalue weighted by Crippen LogP contribution is 2.39. The van der Waals surface area contributed by atoms with Crippen LogP contribution < -0.4 is 0 Å². The van der Waals surface area contributed by atoms with E-state index < -0.39 is 5.97 Å². The third-order valence-electron chi connectivity index (χ3n) is 7.38. The molecule has 1 aliphatic heterocycles. The van der Waals surface area contributed by atoms with E-state index in [1.807, 2.05) is 12.3 Å². The number of aromatic amines is 1. The number of hydrogen-bond acceptors (Lipinski definition) is 4. The summed E-state index contributed by atoms with van der Waals surface area (Å²) in [6, 6.07) is 12.8. The molecule has 6 heteroatoms. The van der Waals surface area contributed by atoms with Gasteiger partial charge in [-0.2, -0.15) is 0 Å². The van der Waals surface area contributed by atoms with Crippen molar-refractivity contribution in [1.29, 1.82) is 0 Å². The SMILES string of the molecule is CC1=Nc2nc(-c3ccc(-c4ccc(C5CCC(CC(=O)O)CC5)cc4)nc3)[nH]c2C(C)(C)C1. The number of nitrogens with zero attached hydrogens (tertiary/aromatic N) is 3. The molecular weight excluding hydrogens is 424 g/mol. The van der Waals surface area contributed by atoms with Crippen LogP contribution in [-0.4, -0.2) is 31.7 Å². The van der Waals surface area contributed by atoms with Crippen molar-refractivity contribution in [1.82, 2.24) is 15.0 Å². The fourth-order valence-corrected chi connectivity index (χ4v) is 5.58. The summed E-state index contributed by atoms with van der Waals surface area (Å²) in [5, 5.41) is 9.02. The van der Waals surface area contributed by atoms with Gasteiger partial charge in [0.15, 0.2) is 5.82 Å². The first-order valence-electron chi connectivity index (χ1n) is 12.2. The molecule has 0 saturated heterocycles. The zero-order chi connectivity index (χ0) is 23.9. The van der Waals surface area contributed by atoms with Gasteiger partial charge in [-0.15, -0.1) is 0 Å². The number of aromatic nitrogens is 3. The molecular formula is C28H32N4O2. The third-order valence-corrected chi connectivity index (χ3v) is 7.38. The fraction of sp³-hybridized carbons (Fsp3) is 0.429. The number of fused-ring (bicyclic) bond motifs is 1. The number of aliphatic imine (C=N–C) groups is 1. The van der Waals surface area contributed by atoms with E-state index in [4.69, 9.17) is 15.1 Å². The zero-order valence-corrected chi connectivity index (χ0v) is 20.1. The van der Waals surface area contributed by atoms with Gasteiger partial charge in [-0.05, 0) is 68.6 Å². The number of hydrogen-bond donors (Lipinski definition) is 2. The molecule has 0 bridgehead atoms. The highest BCUT2D eigenvalue weighted by atomic mass is 16.4. The van der Waals surface area contributed by atoms with Crippen molar-refractivity contribution >= 4 is 17.5 Å². The number of carboxylic acid groups (broad SMARTS) is 1. The molecule has 6 nitrogen and oxygen atoms in total. The van der Waals surface area contributed by atoms with Gasteiger partial charge in [-0.25, -0.2) is 9.98 Å². The first-order valence-corrected chi connectivity index (χ1v) is 12.2. The van der Waals surface area contributed by atoms with Crippen LogP contribution in [0.1, 0.15) is 76.5 Å². The Labute approximate surface area is 200 Å². The number of carboxylic acids is 1. The van der Waals surface area contributed by atoms with Crippen molar-refractivity contribution in [2.45, 2.75) is 70.6 Å². The van der Waals surface area contributed by atoms with E-state index in [0.29, 0.717) is 18.3 Å². The Morgan fingerprint density at radius 1 is 1.06 bits per heavy atom. The maximum Gasteiger partial charge on any atom is 0.303 e. The van der Waals surface area contributed by atoms with Crippen molar-refractivity contribution in [2.24, 2.45) is 10.9 Å². The lowest BCUT2D eigenvalue weighted by Crippen LogP contribution is -2.24. The minimum absolute atomic E-state index is 0.00294. The van der Waals surface area contributed by atoms with Gasteiger partial charge < -0.3 is 10.1 Å². The Kier molecular flexibility index (Phi) is 5.84. The fourth-order valence-electron chi connectivity index (χ4n) is 5.58. The average Bonchev–Trinajstić information content (AvgIpc) is 3.24. The molecule has 176 valence electrons. The van der Waals surface area contributed by atoms with Gasteiger partial charge >= 0.3 is 5.97 Å². The van der Waals surface area contributed by atoms with E-state index in [0.717, 1.165) is 72.0 Å². The third kappa shape index (κ3) is 4.54. The Bertz CT molecular complexity index is 1210. The molecule has 2 aliphatic rings. The first kappa shape index (κ1) is 22.5. The summed E-state index contributed by atoms with van der Waals surface area (Å²) in [6.07, 6.45) is 7.24. The maximum absolute atomic E-state index is 11.0. The van der Waals surface area contributed by atoms with Gasteiger partial charge in [0.05, 0.1) is 11.4 Å². The summed E-state index contributed by atoms with van der Waals surface area (Å²) in [6.45, 7) is 6.50. The van der Waals surface area contributed by atoms with Crippen molar-refractivity contribution in [3.05, 3.63) is 53.9 Å². The second-order valence-electron chi connectivity index (χ2n) is 10.6. The van der Waals surface area contributed by atoms with Crippen molar-refractivity contribution < 1.29 is 9.90 Å². The molecule has 0 amide bonds. The summed E-state index contributed by atoms with van der Waals surface area (Å²) < 4.78 is 0. The lowest BCUT2D eigenvalue weighted by molar-refractivity contribution is -0.138. The van der Waals surface area contributed by atoms with Gasteiger partial charge in [0.2, 0.25) is 0 Å². The van der Waals surface area contributed by atoms with Gasteiger partial charge in [0.25, 0.3) is 0 Å². The van der Waals surface area contributed by atoms with Crippen molar-refractivity contribution in [3.63, 3.8) is 0 Å². The second-order valence-corrected chi connectivity index (χ2v) is 10.6. The molecule has 2 aromatic heterocycles. The number of benzene rings is 1. The van der Waals surface area contributed by atoms with E-state index in [9.17, 15) is 4.79 Å². The Morgan fingerprint density at radius 2 is 1.76 bits per heavy atom. The molecule has 0 atom stereocenters. The van der Waals surface area contributed by atoms with E-state index in [-0.39, 0.29) is 5.41 Å². The molecule has 3 aromatic rings. The molecule has 0 spiro atoms. The van der Waals surface area contributed by atoms with Crippen LogP contribution >= 0.6 is 0 Å². The molecule has 2 N–H and O–H groups in total. The number of H-pyrrole nitrogens is 1. The lowest BCUT2D eigenvalue weighted by atomic mass is 9.77. The number of imidazole rings is 1. The molecule has 1 aliphatic carbocycles. The second kappa shape index (κ2) is 8.82. The van der Waals surface area contributed by atoms with Gasteiger partial charge in [-0.3, -0.25) is 9.78 Å². The minimum atomic E-state index is -0.676. The number of nitrogens with one attached hydrogen (secondary N) is 1. The minimum Gasteiger partial charge on any atom is -0.481 e. The van der Waals surface area contributed by atoms with Crippen LogP contribution in [0.2, 0.25) is 0 Å². The van der Waals surface area contributed by atoms with Gasteiger partial charge in [0.1, 0.15) is 5.82 Å². The van der Waals surface area contributed by atoms with Crippen LogP contribution in [0.3, 0.4) is 0 Å². The Hall–Kier alpha value is -3.28. The summed E-state index contributed by atoms with van der Waals surface area (Å²) in [7, 11) is 0. The summed E-state index contributed by atoms with van der Waals surface area (Å²) in [4.78, 5) is 28.5. The van der Waals surface area contributed by atoms with Gasteiger partial charge in [-0.1, -0.05) is 38.1 Å². The number of carbonyl (C=O) groups is 1. The summed E-state index contributed by atoms with van der Waals surface area (Å²) >= 11 is 0. The Morgan fingerprint density at radius 3 is 2.41 bits per heavy atom. The highest BCUT2D eigenvalue weighted by Gasteiger charge is 2.31. The van der Waals surface area contributed by atoms with Crippen LogP contribution in [-0.2, 0) is 10.2 Å². The van der Waals surface area contributed by atoms with E-state index in [1.54, 1.807) is 0 Å². The maximum atomic E-state index is 11.0. The smallest absolute Gasteiger partial charge is 0.303 e. The monoisotopic (exact) mass is 456 g/mol. The van der Waals surface area contributed by atoms with Crippen LogP contribution in [0.5, 0.6) is 0 Å². The van der Waals surface area contributed by atoms with Crippen LogP contribution in [0.15, 0.2) is 47.6 Å². The molecule has 0 unspecified atom stereocenters. The van der Waals surface area contributed by atoms with Crippen LogP contribution in [0.25, 0.3) is 22.6 Å². The lowest BCUT2D eigenvalue weighted by Gasteiger charge is -2.28. The molecule has 1 saturated carbocycles. The molecule has 0 radical (unpaired) electrons. The molecule has 34 heavy (non-hydrogen) atoms. The van der Waals surface area contributed by atoms with Crippen molar-refractivity contribution in [2.75, 3.05) is 0 Å². The summed E-state index contributed by atoms with van der Waals surface area (Å²) in [5.74, 6) is 1.78. The van der Waals surface area contributed by atoms with E-state index in [2.05, 4.69) is 61.1 Å². The highest BCUT2D eigenvalue weighted by molar-refractivity contribution is 5.88. The number of pyridine rings is 1. The Balaban J connectivity index is 1.28. The quantitative estimate of drug-likeness (QED) is 0.449. The van der Waals surface area contributed by atoms with Crippen molar-refractivity contribution in [3.8, 4) is 22.6 Å². The molecule has 1 fully saturated rings. The normalized spacial score (nSPS) is 21.6. The van der Waals surface area contributed by atoms with Crippen LogP contribution in [0.4, 0.5) is 5.82 Å². The number of rotatable bonds is 5. The van der Waals surface area contributed by atoms with Crippen LogP contribution in [0, 0.1) is 5.92 Å². The molecule has 5 rings (SSSR count). The number of aliphatic carboxylic acids is 1. The zero-order valence-electron chi connectivity index (χ0n) is 20.1. The predicted molar refractivity (Wildman–Crippen MR) is 135 cm³/mol. The largest absolute Gasteiger partial charge is 0.481 e. The topological polar surface area (TPSA) is 91.2 Å².